The minimum atomic E-state index is -1.32. The normalized spacial score (nSPS) is 9.10. The van der Waals surface area contributed by atoms with E-state index in [1.165, 1.54) is 0 Å². The Balaban J connectivity index is 3.42. The second-order valence-corrected chi connectivity index (χ2v) is 1.14. The van der Waals surface area contributed by atoms with E-state index in [1.54, 1.807) is 6.92 Å². The van der Waals surface area contributed by atoms with Crippen LogP contribution in [0, 0.1) is 0 Å². The van der Waals surface area contributed by atoms with Crippen LogP contribution >= 0.6 is 0 Å². The lowest BCUT2D eigenvalue weighted by Gasteiger charge is -2.17. The number of carbonyl (C=O) groups excluding carboxylic acids is 1. The summed E-state index contributed by atoms with van der Waals surface area (Å²) >= 11 is 0. The summed E-state index contributed by atoms with van der Waals surface area (Å²) in [6.07, 6.45) is -1.32. The summed E-state index contributed by atoms with van der Waals surface area (Å²) in [7, 11) is 1.00. The number of carbonyl (C=O) groups is 1. The van der Waals surface area contributed by atoms with E-state index >= 15 is 0 Å². The van der Waals surface area contributed by atoms with Gasteiger partial charge in [0.05, 0.1) is 7.11 Å². The fraction of sp³-hybridized carbons (Fsp3) is 0.750. The van der Waals surface area contributed by atoms with Gasteiger partial charge in [0.25, 0.3) is 0 Å². The van der Waals surface area contributed by atoms with Crippen molar-refractivity contribution in [2.24, 2.45) is 0 Å². The Hall–Kier alpha value is -0.850. The maximum atomic E-state index is 10.2. The topological polar surface area (TPSA) is 70.5 Å². The van der Waals surface area contributed by atoms with E-state index in [1.807, 2.05) is 0 Å². The molecule has 0 amide bonds. The Morgan fingerprint density at radius 3 is 2.70 bits per heavy atom. The van der Waals surface area contributed by atoms with E-state index in [2.05, 4.69) is 14.7 Å². The molecule has 0 fully saturated rings. The van der Waals surface area contributed by atoms with Crippen LogP contribution in [0.2, 0.25) is 0 Å². The van der Waals surface area contributed by atoms with Crippen LogP contribution in [0.15, 0.2) is 0 Å². The molecule has 0 aliphatic heterocycles. The first-order chi connectivity index (χ1) is 4.72. The van der Waals surface area contributed by atoms with Crippen LogP contribution in [0.25, 0.3) is 0 Å². The lowest BCUT2D eigenvalue weighted by molar-refractivity contribution is -0.870. The minimum Gasteiger partial charge on any atom is -0.583 e. The van der Waals surface area contributed by atoms with E-state index in [0.717, 1.165) is 7.11 Å². The Kier molecular flexibility index (Phi) is 4.55. The van der Waals surface area contributed by atoms with Gasteiger partial charge in [-0.15, -0.1) is 9.78 Å². The van der Waals surface area contributed by atoms with Crippen LogP contribution in [0.3, 0.4) is 0 Å². The zero-order chi connectivity index (χ0) is 7.98. The SMILES string of the molecule is CCOOC(=O)[O+]([O-])OC. The van der Waals surface area contributed by atoms with Gasteiger partial charge in [0, 0.05) is 4.79 Å². The molecule has 0 aromatic rings. The van der Waals surface area contributed by atoms with Gasteiger partial charge < -0.3 is 9.93 Å². The molecule has 0 saturated carbocycles. The molecule has 60 valence electrons. The molecular formula is C4H8O6. The van der Waals surface area contributed by atoms with Gasteiger partial charge in [-0.2, -0.15) is 4.89 Å². The van der Waals surface area contributed by atoms with Crippen LogP contribution in [0.4, 0.5) is 4.79 Å². The smallest absolute Gasteiger partial charge is 0.583 e. The van der Waals surface area contributed by atoms with E-state index in [9.17, 15) is 10.1 Å². The van der Waals surface area contributed by atoms with Crippen molar-refractivity contribution in [2.75, 3.05) is 13.7 Å². The van der Waals surface area contributed by atoms with Crippen molar-refractivity contribution in [1.82, 2.24) is 0 Å². The maximum absolute atomic E-state index is 10.2. The average Bonchev–Trinajstić information content (AvgIpc) is 1.98. The van der Waals surface area contributed by atoms with Gasteiger partial charge in [-0.25, -0.2) is 0 Å². The highest BCUT2D eigenvalue weighted by Gasteiger charge is 2.20. The van der Waals surface area contributed by atoms with Crippen molar-refractivity contribution < 1.29 is 29.4 Å². The highest BCUT2D eigenvalue weighted by Crippen LogP contribution is 1.91. The first-order valence-corrected chi connectivity index (χ1v) is 2.52. The summed E-state index contributed by atoms with van der Waals surface area (Å²) in [6.45, 7) is 1.77. The molecule has 0 saturated heterocycles. The first-order valence-electron chi connectivity index (χ1n) is 2.52. The molecular weight excluding hydrogens is 144 g/mol. The molecule has 0 aromatic carbocycles. The van der Waals surface area contributed by atoms with E-state index in [-0.39, 0.29) is 6.61 Å². The fourth-order valence-corrected chi connectivity index (χ4v) is 0.203. The predicted octanol–water partition coefficient (Wildman–Crippen LogP) is -0.536. The molecule has 0 radical (unpaired) electrons. The van der Waals surface area contributed by atoms with Gasteiger partial charge in [-0.1, -0.05) is 0 Å². The van der Waals surface area contributed by atoms with Crippen molar-refractivity contribution in [3.63, 3.8) is 0 Å². The molecule has 6 heteroatoms. The first kappa shape index (κ1) is 9.15. The molecule has 6 nitrogen and oxygen atoms in total. The second kappa shape index (κ2) is 4.98. The molecule has 0 aliphatic rings. The Morgan fingerprint density at radius 2 is 2.30 bits per heavy atom. The summed E-state index contributed by atoms with van der Waals surface area (Å²) in [5.74, 6) is 0. The zero-order valence-corrected chi connectivity index (χ0v) is 5.66. The maximum Gasteiger partial charge on any atom is 0.798 e. The Morgan fingerprint density at radius 1 is 1.70 bits per heavy atom. The molecule has 0 aliphatic carbocycles. The third-order valence-corrected chi connectivity index (χ3v) is 0.532. The quantitative estimate of drug-likeness (QED) is 0.308. The fourth-order valence-electron chi connectivity index (χ4n) is 0.203. The summed E-state index contributed by atoms with van der Waals surface area (Å²) in [6, 6.07) is 0. The molecule has 0 heterocycles. The monoisotopic (exact) mass is 152 g/mol. The van der Waals surface area contributed by atoms with Crippen molar-refractivity contribution >= 4 is 6.16 Å². The molecule has 0 rings (SSSR count). The summed E-state index contributed by atoms with van der Waals surface area (Å²) in [5.41, 5.74) is 0. The number of rotatable bonds is 3. The number of hydrogen-bond acceptors (Lipinski definition) is 5. The summed E-state index contributed by atoms with van der Waals surface area (Å²) < 4.78 is 0.400. The highest BCUT2D eigenvalue weighted by atomic mass is 17.6. The van der Waals surface area contributed by atoms with Gasteiger partial charge in [-0.05, 0) is 6.92 Å². The molecule has 0 aromatic heterocycles. The largest absolute Gasteiger partial charge is 0.798 e. The van der Waals surface area contributed by atoms with Crippen molar-refractivity contribution in [2.45, 2.75) is 6.92 Å². The van der Waals surface area contributed by atoms with Crippen molar-refractivity contribution in [3.05, 3.63) is 0 Å². The van der Waals surface area contributed by atoms with Crippen LogP contribution in [0.5, 0.6) is 0 Å². The highest BCUT2D eigenvalue weighted by molar-refractivity contribution is 5.58. The van der Waals surface area contributed by atoms with Crippen LogP contribution in [0.1, 0.15) is 6.92 Å². The third kappa shape index (κ3) is 3.23. The van der Waals surface area contributed by atoms with Crippen molar-refractivity contribution in [1.29, 1.82) is 0 Å². The van der Waals surface area contributed by atoms with E-state index in [0.29, 0.717) is 4.67 Å². The number of hydrogen-bond donors (Lipinski definition) is 0. The average molecular weight is 152 g/mol. The van der Waals surface area contributed by atoms with Crippen molar-refractivity contribution in [3.8, 4) is 0 Å². The van der Waals surface area contributed by atoms with Crippen LogP contribution in [-0.2, 0) is 19.3 Å². The molecule has 0 spiro atoms. The summed E-state index contributed by atoms with van der Waals surface area (Å²) in [5, 5.41) is 10.1. The standard InChI is InChI=1S/C4H8O6/c1-3-8-9-4(5)10(6)7-2/h3H2,1-2H3. The minimum absolute atomic E-state index is 0.170. The van der Waals surface area contributed by atoms with Gasteiger partial charge in [0.2, 0.25) is 0 Å². The second-order valence-electron chi connectivity index (χ2n) is 1.14. The molecule has 0 N–H and O–H groups in total. The van der Waals surface area contributed by atoms with Crippen LogP contribution < -0.4 is 5.26 Å². The lowest BCUT2D eigenvalue weighted by Crippen LogP contribution is -2.32. The van der Waals surface area contributed by atoms with E-state index < -0.39 is 6.16 Å². The van der Waals surface area contributed by atoms with Gasteiger partial charge >= 0.3 is 6.16 Å². The molecule has 10 heavy (non-hydrogen) atoms. The molecule has 0 atom stereocenters. The summed E-state index contributed by atoms with van der Waals surface area (Å²) in [4.78, 5) is 22.1. The molecule has 0 unspecified atom stereocenters. The van der Waals surface area contributed by atoms with E-state index in [4.69, 9.17) is 0 Å². The predicted molar refractivity (Wildman–Crippen MR) is 26.2 cm³/mol. The van der Waals surface area contributed by atoms with Gasteiger partial charge in [-0.3, -0.25) is 0 Å². The van der Waals surface area contributed by atoms with Crippen LogP contribution in [-0.4, -0.2) is 19.9 Å². The third-order valence-electron chi connectivity index (χ3n) is 0.532. The zero-order valence-electron chi connectivity index (χ0n) is 5.66. The van der Waals surface area contributed by atoms with Gasteiger partial charge in [0.15, 0.2) is 0 Å². The Bertz CT molecular complexity index is 102. The lowest BCUT2D eigenvalue weighted by atomic mass is 10.9. The molecule has 0 bridgehead atoms. The van der Waals surface area contributed by atoms with Gasteiger partial charge in [0.1, 0.15) is 6.61 Å². The Labute approximate surface area is 57.4 Å².